The number of hydrogen-bond acceptors (Lipinski definition) is 6. The van der Waals surface area contributed by atoms with Gasteiger partial charge in [0.1, 0.15) is 18.0 Å². The number of rotatable bonds is 4. The Labute approximate surface area is 135 Å². The van der Waals surface area contributed by atoms with Crippen molar-refractivity contribution >= 4 is 35.2 Å². The number of aromatic nitrogens is 2. The second-order valence-electron chi connectivity index (χ2n) is 5.90. The van der Waals surface area contributed by atoms with E-state index in [9.17, 15) is 0 Å². The summed E-state index contributed by atoms with van der Waals surface area (Å²) in [6, 6.07) is 2.11. The summed E-state index contributed by atoms with van der Waals surface area (Å²) in [4.78, 5) is 11.2. The van der Waals surface area contributed by atoms with Crippen molar-refractivity contribution in [3.63, 3.8) is 0 Å². The molecule has 4 nitrogen and oxygen atoms in total. The van der Waals surface area contributed by atoms with E-state index in [4.69, 9.17) is 0 Å². The molecule has 0 aromatic carbocycles. The Bertz CT molecular complexity index is 451. The van der Waals surface area contributed by atoms with Gasteiger partial charge < -0.3 is 10.2 Å². The number of anilines is 2. The van der Waals surface area contributed by atoms with Crippen LogP contribution in [-0.4, -0.2) is 52.1 Å². The van der Waals surface area contributed by atoms with Gasteiger partial charge in [-0.15, -0.1) is 0 Å². The summed E-state index contributed by atoms with van der Waals surface area (Å²) in [5.74, 6) is 6.63. The third kappa shape index (κ3) is 4.42. The Hall–Kier alpha value is -0.620. The van der Waals surface area contributed by atoms with Crippen LogP contribution < -0.4 is 10.2 Å². The lowest BCUT2D eigenvalue weighted by Gasteiger charge is -2.31. The van der Waals surface area contributed by atoms with Gasteiger partial charge in [-0.3, -0.25) is 0 Å². The van der Waals surface area contributed by atoms with Crippen molar-refractivity contribution in [2.75, 3.05) is 47.1 Å². The molecule has 2 saturated heterocycles. The number of nitrogens with zero attached hydrogens (tertiary/aromatic N) is 3. The molecule has 116 valence electrons. The van der Waals surface area contributed by atoms with Gasteiger partial charge in [-0.25, -0.2) is 9.97 Å². The number of hydrogen-bond donors (Lipinski definition) is 1. The van der Waals surface area contributed by atoms with E-state index in [1.807, 2.05) is 0 Å². The average molecular weight is 325 g/mol. The summed E-state index contributed by atoms with van der Waals surface area (Å²) in [5, 5.41) is 4.20. The second-order valence-corrected chi connectivity index (χ2v) is 8.46. The Morgan fingerprint density at radius 2 is 2.33 bits per heavy atom. The first-order chi connectivity index (χ1) is 10.3. The zero-order chi connectivity index (χ0) is 14.5. The summed E-state index contributed by atoms with van der Waals surface area (Å²) >= 11 is 4.14. The van der Waals surface area contributed by atoms with Crippen molar-refractivity contribution < 1.29 is 0 Å². The van der Waals surface area contributed by atoms with Gasteiger partial charge in [-0.1, -0.05) is 6.92 Å². The molecule has 2 unspecified atom stereocenters. The fourth-order valence-corrected chi connectivity index (χ4v) is 5.50. The maximum absolute atomic E-state index is 4.46. The van der Waals surface area contributed by atoms with Crippen LogP contribution in [0.3, 0.4) is 0 Å². The predicted octanol–water partition coefficient (Wildman–Crippen LogP) is 2.97. The van der Waals surface area contributed by atoms with Gasteiger partial charge >= 0.3 is 0 Å². The summed E-state index contributed by atoms with van der Waals surface area (Å²) in [6.07, 6.45) is 4.30. The Morgan fingerprint density at radius 1 is 1.38 bits per heavy atom. The minimum absolute atomic E-state index is 0.706. The van der Waals surface area contributed by atoms with Crippen molar-refractivity contribution in [2.24, 2.45) is 5.92 Å². The van der Waals surface area contributed by atoms with Crippen molar-refractivity contribution in [1.82, 2.24) is 9.97 Å². The summed E-state index contributed by atoms with van der Waals surface area (Å²) in [5.41, 5.74) is 0. The van der Waals surface area contributed by atoms with E-state index in [1.54, 1.807) is 6.33 Å². The van der Waals surface area contributed by atoms with Crippen molar-refractivity contribution in [2.45, 2.75) is 25.0 Å². The molecule has 6 heteroatoms. The van der Waals surface area contributed by atoms with E-state index in [0.717, 1.165) is 37.2 Å². The molecule has 0 amide bonds. The Morgan fingerprint density at radius 3 is 3.14 bits per heavy atom. The van der Waals surface area contributed by atoms with E-state index < -0.39 is 0 Å². The predicted molar refractivity (Wildman–Crippen MR) is 94.7 cm³/mol. The second kappa shape index (κ2) is 7.58. The van der Waals surface area contributed by atoms with E-state index in [1.165, 1.54) is 30.1 Å². The molecule has 1 aromatic heterocycles. The van der Waals surface area contributed by atoms with Crippen LogP contribution in [0.15, 0.2) is 12.4 Å². The molecular formula is C15H24N4S2. The highest BCUT2D eigenvalue weighted by molar-refractivity contribution is 8.06. The first kappa shape index (κ1) is 15.3. The monoisotopic (exact) mass is 324 g/mol. The maximum Gasteiger partial charge on any atom is 0.134 e. The molecule has 1 N–H and O–H groups in total. The summed E-state index contributed by atoms with van der Waals surface area (Å²) < 4.78 is 0. The maximum atomic E-state index is 4.46. The van der Waals surface area contributed by atoms with Crippen LogP contribution in [-0.2, 0) is 0 Å². The lowest BCUT2D eigenvalue weighted by Crippen LogP contribution is -2.34. The molecule has 2 aliphatic heterocycles. The largest absolute Gasteiger partial charge is 0.369 e. The van der Waals surface area contributed by atoms with Crippen molar-refractivity contribution in [1.29, 1.82) is 0 Å². The zero-order valence-electron chi connectivity index (χ0n) is 12.6. The van der Waals surface area contributed by atoms with E-state index in [-0.39, 0.29) is 0 Å². The smallest absolute Gasteiger partial charge is 0.134 e. The molecule has 2 fully saturated rings. The molecule has 0 aliphatic carbocycles. The van der Waals surface area contributed by atoms with Gasteiger partial charge in [0, 0.05) is 48.2 Å². The van der Waals surface area contributed by atoms with Gasteiger partial charge in [0.15, 0.2) is 0 Å². The Kier molecular flexibility index (Phi) is 5.52. The van der Waals surface area contributed by atoms with Gasteiger partial charge in [-0.05, 0) is 18.8 Å². The van der Waals surface area contributed by atoms with Crippen LogP contribution >= 0.6 is 23.5 Å². The highest BCUT2D eigenvalue weighted by Crippen LogP contribution is 2.25. The number of nitrogens with one attached hydrogen (secondary N) is 1. The van der Waals surface area contributed by atoms with Crippen LogP contribution in [0.5, 0.6) is 0 Å². The van der Waals surface area contributed by atoms with Crippen molar-refractivity contribution in [3.05, 3.63) is 12.4 Å². The molecule has 0 bridgehead atoms. The summed E-state index contributed by atoms with van der Waals surface area (Å²) in [6.45, 7) is 5.57. The van der Waals surface area contributed by atoms with Crippen LogP contribution in [0.1, 0.15) is 19.8 Å². The lowest BCUT2D eigenvalue weighted by molar-refractivity contribution is 0.444. The molecule has 0 saturated carbocycles. The number of thioether (sulfide) groups is 2. The zero-order valence-corrected chi connectivity index (χ0v) is 14.3. The molecule has 0 spiro atoms. The lowest BCUT2D eigenvalue weighted by atomic mass is 10.0. The fraction of sp³-hybridized carbons (Fsp3) is 0.733. The molecule has 1 aromatic rings. The van der Waals surface area contributed by atoms with E-state index in [2.05, 4.69) is 56.7 Å². The van der Waals surface area contributed by atoms with Gasteiger partial charge in [0.2, 0.25) is 0 Å². The normalized spacial score (nSPS) is 26.6. The van der Waals surface area contributed by atoms with Crippen LogP contribution in [0, 0.1) is 5.92 Å². The SMILES string of the molecule is CC1CCCN(c2cc(NCC3CSCCS3)ncn2)C1. The Balaban J connectivity index is 1.57. The summed E-state index contributed by atoms with van der Waals surface area (Å²) in [7, 11) is 0. The van der Waals surface area contributed by atoms with Crippen molar-refractivity contribution in [3.8, 4) is 0 Å². The molecule has 3 rings (SSSR count). The molecule has 2 atom stereocenters. The molecule has 0 radical (unpaired) electrons. The fourth-order valence-electron chi connectivity index (χ4n) is 2.89. The van der Waals surface area contributed by atoms with Crippen LogP contribution in [0.25, 0.3) is 0 Å². The van der Waals surface area contributed by atoms with Gasteiger partial charge in [0.25, 0.3) is 0 Å². The topological polar surface area (TPSA) is 41.0 Å². The highest BCUT2D eigenvalue weighted by atomic mass is 32.2. The standard InChI is InChI=1S/C15H24N4S2/c1-12-3-2-4-19(9-12)15-7-14(17-11-18-15)16-8-13-10-20-5-6-21-13/h7,11-13H,2-6,8-10H2,1H3,(H,16,17,18). The van der Waals surface area contributed by atoms with Crippen LogP contribution in [0.2, 0.25) is 0 Å². The minimum Gasteiger partial charge on any atom is -0.369 e. The molecule has 2 aliphatic rings. The third-order valence-electron chi connectivity index (χ3n) is 4.03. The molecule has 21 heavy (non-hydrogen) atoms. The third-order valence-corrected chi connectivity index (χ3v) is 6.87. The van der Waals surface area contributed by atoms with E-state index in [0.29, 0.717) is 5.25 Å². The average Bonchev–Trinajstić information content (AvgIpc) is 2.54. The van der Waals surface area contributed by atoms with Gasteiger partial charge in [-0.2, -0.15) is 23.5 Å². The quantitative estimate of drug-likeness (QED) is 0.918. The highest BCUT2D eigenvalue weighted by Gasteiger charge is 2.18. The van der Waals surface area contributed by atoms with E-state index >= 15 is 0 Å². The van der Waals surface area contributed by atoms with Crippen LogP contribution in [0.4, 0.5) is 11.6 Å². The minimum atomic E-state index is 0.706. The first-order valence-electron chi connectivity index (χ1n) is 7.81. The molecular weight excluding hydrogens is 300 g/mol. The first-order valence-corrected chi connectivity index (χ1v) is 10.0. The molecule has 3 heterocycles. The number of piperidine rings is 1. The van der Waals surface area contributed by atoms with Gasteiger partial charge in [0.05, 0.1) is 0 Å².